The number of aromatic nitrogens is 2. The summed E-state index contributed by atoms with van der Waals surface area (Å²) in [6.45, 7) is 0. The monoisotopic (exact) mass is 434 g/mol. The van der Waals surface area contributed by atoms with E-state index in [1.165, 1.54) is 0 Å². The van der Waals surface area contributed by atoms with E-state index >= 15 is 0 Å². The van der Waals surface area contributed by atoms with Gasteiger partial charge in [0.15, 0.2) is 10.1 Å². The molecule has 0 atom stereocenters. The van der Waals surface area contributed by atoms with Crippen LogP contribution in [0.3, 0.4) is 0 Å². The van der Waals surface area contributed by atoms with Crippen LogP contribution in [0.25, 0.3) is 0 Å². The molecule has 0 saturated heterocycles. The average Bonchev–Trinajstić information content (AvgIpc) is 2.39. The molecule has 0 spiro atoms. The molecule has 2 heterocycles. The standard InChI is InChI=1S/C10H10IN2.CHF3O3S/c1-3-7-12(8-4-1)11-13-9-5-2-6-10-13;2-1(3,4)8(5,6)7/h1-10H;(H,5,6,7)/q+1;/p-1. The van der Waals surface area contributed by atoms with Gasteiger partial charge in [-0.3, -0.25) is 0 Å². The molecular formula is C11H10F3IN2O3S. The summed E-state index contributed by atoms with van der Waals surface area (Å²) >= 11 is -0.138. The summed E-state index contributed by atoms with van der Waals surface area (Å²) in [6, 6.07) is 12.3. The Kier molecular flexibility index (Phi) is 6.48. The van der Waals surface area contributed by atoms with Crippen LogP contribution in [0.4, 0.5) is 13.2 Å². The zero-order valence-electron chi connectivity index (χ0n) is 10.3. The molecule has 0 aromatic carbocycles. The van der Waals surface area contributed by atoms with Crippen molar-refractivity contribution < 1.29 is 53.5 Å². The van der Waals surface area contributed by atoms with E-state index in [1.54, 1.807) is 0 Å². The Bertz CT molecular complexity index is 614. The molecule has 0 radical (unpaired) electrons. The minimum atomic E-state index is -6.09. The van der Waals surface area contributed by atoms with Gasteiger partial charge in [-0.25, -0.2) is 8.42 Å². The van der Waals surface area contributed by atoms with Crippen molar-refractivity contribution in [3.05, 3.63) is 61.2 Å². The molecule has 0 saturated carbocycles. The number of halogens is 4. The summed E-state index contributed by atoms with van der Waals surface area (Å²) < 4.78 is 63.4. The molecule has 0 aliphatic heterocycles. The minimum absolute atomic E-state index is 0.138. The van der Waals surface area contributed by atoms with E-state index in [2.05, 4.69) is 54.6 Å². The van der Waals surface area contributed by atoms with Crippen molar-refractivity contribution in [2.75, 3.05) is 0 Å². The molecule has 0 aliphatic carbocycles. The maximum absolute atomic E-state index is 10.7. The van der Waals surface area contributed by atoms with Crippen molar-refractivity contribution in [3.8, 4) is 0 Å². The van der Waals surface area contributed by atoms with Gasteiger partial charge in [0.25, 0.3) is 0 Å². The molecule has 2 rings (SSSR count). The van der Waals surface area contributed by atoms with Gasteiger partial charge in [0.2, 0.25) is 0 Å². The fourth-order valence-electron chi connectivity index (χ4n) is 0.957. The Labute approximate surface area is 130 Å². The zero-order chi connectivity index (χ0) is 15.9. The molecule has 2 aromatic heterocycles. The summed E-state index contributed by atoms with van der Waals surface area (Å²) in [5, 5.41) is 0. The normalized spacial score (nSPS) is 11.6. The molecule has 116 valence electrons. The zero-order valence-corrected chi connectivity index (χ0v) is 13.3. The second kappa shape index (κ2) is 7.66. The first-order valence-electron chi connectivity index (χ1n) is 5.31. The molecule has 0 fully saturated rings. The van der Waals surface area contributed by atoms with Crippen LogP contribution in [-0.2, 0) is 10.1 Å². The van der Waals surface area contributed by atoms with E-state index in [4.69, 9.17) is 13.0 Å². The Hall–Kier alpha value is -1.27. The van der Waals surface area contributed by atoms with Crippen LogP contribution in [-0.4, -0.2) is 18.5 Å². The molecular weight excluding hydrogens is 424 g/mol. The first-order chi connectivity index (χ1) is 9.70. The third-order valence-corrected chi connectivity index (χ3v) is 4.67. The van der Waals surface area contributed by atoms with Crippen molar-refractivity contribution >= 4 is 10.1 Å². The van der Waals surface area contributed by atoms with Crippen molar-refractivity contribution in [2.45, 2.75) is 5.51 Å². The van der Waals surface area contributed by atoms with E-state index in [9.17, 15) is 13.2 Å². The predicted molar refractivity (Wildman–Crippen MR) is 59.8 cm³/mol. The van der Waals surface area contributed by atoms with Crippen LogP contribution in [0.1, 0.15) is 0 Å². The average molecular weight is 434 g/mol. The van der Waals surface area contributed by atoms with Gasteiger partial charge in [0.1, 0.15) is 0 Å². The second-order valence-corrected chi connectivity index (χ2v) is 7.45. The second-order valence-electron chi connectivity index (χ2n) is 3.41. The molecule has 2 aromatic rings. The van der Waals surface area contributed by atoms with Crippen LogP contribution in [0, 0.1) is 0 Å². The van der Waals surface area contributed by atoms with Crippen LogP contribution in [0.15, 0.2) is 61.2 Å². The third-order valence-electron chi connectivity index (χ3n) is 1.82. The van der Waals surface area contributed by atoms with Crippen LogP contribution < -0.4 is 27.3 Å². The van der Waals surface area contributed by atoms with Gasteiger partial charge in [-0.15, -0.1) is 0 Å². The Morgan fingerprint density at radius 2 is 1.10 bits per heavy atom. The van der Waals surface area contributed by atoms with Gasteiger partial charge in [-0.2, -0.15) is 13.2 Å². The summed E-state index contributed by atoms with van der Waals surface area (Å²) in [5.74, 6) is 0. The Morgan fingerprint density at radius 3 is 1.33 bits per heavy atom. The maximum atomic E-state index is 10.7. The first kappa shape index (κ1) is 17.8. The SMILES string of the molecule is O=S(=O)([O-])C(F)(F)F.c1cc[n+]([I-][n+]2ccccc2)cc1. The number of alkyl halides is 3. The van der Waals surface area contributed by atoms with Gasteiger partial charge < -0.3 is 4.55 Å². The number of hydrogen-bond acceptors (Lipinski definition) is 3. The van der Waals surface area contributed by atoms with Crippen molar-refractivity contribution in [1.82, 2.24) is 0 Å². The van der Waals surface area contributed by atoms with Crippen molar-refractivity contribution in [1.29, 1.82) is 0 Å². The van der Waals surface area contributed by atoms with Crippen molar-refractivity contribution in [2.24, 2.45) is 0 Å². The first-order valence-corrected chi connectivity index (χ1v) is 8.65. The molecule has 0 aliphatic rings. The molecule has 0 N–H and O–H groups in total. The van der Waals surface area contributed by atoms with Crippen LogP contribution in [0.2, 0.25) is 0 Å². The van der Waals surface area contributed by atoms with Gasteiger partial charge in [0, 0.05) is 0 Å². The molecule has 0 bridgehead atoms. The number of rotatable bonds is 2. The van der Waals surface area contributed by atoms with Gasteiger partial charge in [-0.05, 0) is 0 Å². The van der Waals surface area contributed by atoms with Gasteiger partial charge in [-0.1, -0.05) is 0 Å². The van der Waals surface area contributed by atoms with Gasteiger partial charge in [0.05, 0.1) is 0 Å². The molecule has 0 amide bonds. The van der Waals surface area contributed by atoms with E-state index in [0.717, 1.165) is 0 Å². The topological polar surface area (TPSA) is 65.0 Å². The van der Waals surface area contributed by atoms with Crippen molar-refractivity contribution in [3.63, 3.8) is 0 Å². The fourth-order valence-corrected chi connectivity index (χ4v) is 2.85. The summed E-state index contributed by atoms with van der Waals surface area (Å²) in [4.78, 5) is 0. The van der Waals surface area contributed by atoms with Gasteiger partial charge >= 0.3 is 94.0 Å². The summed E-state index contributed by atoms with van der Waals surface area (Å²) in [7, 11) is -6.09. The van der Waals surface area contributed by atoms with Crippen LogP contribution in [0.5, 0.6) is 0 Å². The van der Waals surface area contributed by atoms with E-state index in [-0.39, 0.29) is 21.8 Å². The fraction of sp³-hybridized carbons (Fsp3) is 0.0909. The molecule has 10 heteroatoms. The van der Waals surface area contributed by atoms with E-state index < -0.39 is 15.6 Å². The molecule has 21 heavy (non-hydrogen) atoms. The Balaban J connectivity index is 0.000000240. The van der Waals surface area contributed by atoms with Crippen LogP contribution >= 0.6 is 0 Å². The third kappa shape index (κ3) is 6.82. The Morgan fingerprint density at radius 1 is 0.810 bits per heavy atom. The number of hydrogen-bond donors (Lipinski definition) is 0. The van der Waals surface area contributed by atoms with E-state index in [1.807, 2.05) is 12.1 Å². The van der Waals surface area contributed by atoms with E-state index in [0.29, 0.717) is 0 Å². The quantitative estimate of drug-likeness (QED) is 0.302. The summed E-state index contributed by atoms with van der Waals surface area (Å²) in [5.41, 5.74) is -5.65. The molecule has 0 unspecified atom stereocenters. The number of pyridine rings is 2. The predicted octanol–water partition coefficient (Wildman–Crippen LogP) is -2.37. The molecule has 5 nitrogen and oxygen atoms in total. The summed E-state index contributed by atoms with van der Waals surface area (Å²) in [6.07, 6.45) is 8.42. The number of nitrogens with zero attached hydrogens (tertiary/aromatic N) is 2.